The number of benzene rings is 1. The maximum Gasteiger partial charge on any atom is 0.417 e. The van der Waals surface area contributed by atoms with E-state index in [0.717, 1.165) is 12.2 Å². The number of aliphatic hydroxyl groups is 1. The Balaban J connectivity index is 1.33. The van der Waals surface area contributed by atoms with Gasteiger partial charge in [0, 0.05) is 23.7 Å². The number of carbonyl (C=O) groups is 2. The first kappa shape index (κ1) is 33.4. The van der Waals surface area contributed by atoms with Gasteiger partial charge in [-0.1, -0.05) is 0 Å². The lowest BCUT2D eigenvalue weighted by atomic mass is 9.78. The second-order valence-electron chi connectivity index (χ2n) is 11.6. The van der Waals surface area contributed by atoms with Crippen molar-refractivity contribution in [3.8, 4) is 5.75 Å². The quantitative estimate of drug-likeness (QED) is 0.106. The Bertz CT molecular complexity index is 1570. The highest BCUT2D eigenvalue weighted by molar-refractivity contribution is 6.17. The summed E-state index contributed by atoms with van der Waals surface area (Å²) in [7, 11) is 0. The highest BCUT2D eigenvalue weighted by Crippen LogP contribution is 2.35. The molecule has 1 atom stereocenters. The molecule has 2 amide bonds. The average molecular weight is 641 g/mol. The van der Waals surface area contributed by atoms with Crippen LogP contribution >= 0.6 is 0 Å². The standard InChI is InChI=1S/C29H33F5N6O5/c1-14(38-26(42)23-19-6-5-17(44-13-28(2,3)43)11-21(19)40(39-23)27(30)31)8-15-9-18(10-15)45-25(36)22(24(35)41)20-7-4-16(12-37-20)29(32,33)34/h4-7,11-12,14-15,18,27,36-37,43H,8-10,13H2,1-3H3,(H2,35,41)(H,38,42)/b22-20-,36-25?/t14-,15?,18?/m0/s1. The molecular weight excluding hydrogens is 607 g/mol. The Morgan fingerprint density at radius 1 is 1.24 bits per heavy atom. The van der Waals surface area contributed by atoms with Gasteiger partial charge in [-0.15, -0.1) is 0 Å². The Morgan fingerprint density at radius 2 is 1.93 bits per heavy atom. The summed E-state index contributed by atoms with van der Waals surface area (Å²) in [5.41, 5.74) is 2.53. The van der Waals surface area contributed by atoms with Crippen LogP contribution in [0.25, 0.3) is 10.9 Å². The van der Waals surface area contributed by atoms with Gasteiger partial charge in [0.05, 0.1) is 22.4 Å². The third-order valence-corrected chi connectivity index (χ3v) is 7.10. The molecule has 4 rings (SSSR count). The zero-order valence-electron chi connectivity index (χ0n) is 24.5. The molecule has 2 aromatic rings. The normalized spacial score (nSPS) is 20.2. The fourth-order valence-electron chi connectivity index (χ4n) is 4.95. The van der Waals surface area contributed by atoms with E-state index in [4.69, 9.17) is 20.6 Å². The molecule has 16 heteroatoms. The third kappa shape index (κ3) is 8.17. The summed E-state index contributed by atoms with van der Waals surface area (Å²) in [6.07, 6.45) is -1.25. The summed E-state index contributed by atoms with van der Waals surface area (Å²) < 4.78 is 77.5. The minimum Gasteiger partial charge on any atom is -0.491 e. The fraction of sp³-hybridized carbons (Fsp3) is 0.448. The van der Waals surface area contributed by atoms with Crippen molar-refractivity contribution in [1.82, 2.24) is 20.4 Å². The number of alkyl halides is 5. The maximum atomic E-state index is 13.7. The number of dihydropyridines is 1. The van der Waals surface area contributed by atoms with Crippen LogP contribution in [0.1, 0.15) is 57.1 Å². The SMILES string of the molecule is C[C@@H](CC1CC(OC(=N)/C(C(N)=O)=C2/C=CC(C(F)(F)F)=CN2)C1)NC(=O)c1nn(C(F)F)c2cc(OCC(C)(C)O)ccc12. The number of primary amides is 1. The van der Waals surface area contributed by atoms with Crippen LogP contribution in [0.3, 0.4) is 0 Å². The van der Waals surface area contributed by atoms with Crippen molar-refractivity contribution in [1.29, 1.82) is 5.41 Å². The second-order valence-corrected chi connectivity index (χ2v) is 11.6. The molecule has 0 unspecified atom stereocenters. The fourth-order valence-corrected chi connectivity index (χ4v) is 4.95. The van der Waals surface area contributed by atoms with Crippen molar-refractivity contribution in [3.63, 3.8) is 0 Å². The first-order valence-corrected chi connectivity index (χ1v) is 13.9. The molecule has 0 radical (unpaired) electrons. The van der Waals surface area contributed by atoms with Crippen molar-refractivity contribution in [3.05, 3.63) is 59.1 Å². The molecule has 1 fully saturated rings. The van der Waals surface area contributed by atoms with Gasteiger partial charge in [0.25, 0.3) is 11.8 Å². The molecular formula is C29H33F5N6O5. The lowest BCUT2D eigenvalue weighted by molar-refractivity contribution is -0.114. The van der Waals surface area contributed by atoms with Gasteiger partial charge < -0.3 is 30.9 Å². The van der Waals surface area contributed by atoms with Gasteiger partial charge in [-0.25, -0.2) is 4.68 Å². The molecule has 45 heavy (non-hydrogen) atoms. The molecule has 1 aliphatic carbocycles. The minimum absolute atomic E-state index is 0.0153. The topological polar surface area (TPSA) is 165 Å². The Morgan fingerprint density at radius 3 is 2.49 bits per heavy atom. The number of hydrogen-bond donors (Lipinski definition) is 5. The number of carbonyl (C=O) groups excluding carboxylic acids is 2. The van der Waals surface area contributed by atoms with Gasteiger partial charge in [-0.3, -0.25) is 15.0 Å². The number of fused-ring (bicyclic) bond motifs is 1. The molecule has 1 aliphatic heterocycles. The second kappa shape index (κ2) is 12.9. The molecule has 1 aromatic heterocycles. The van der Waals surface area contributed by atoms with Gasteiger partial charge in [-0.05, 0) is 70.2 Å². The molecule has 6 N–H and O–H groups in total. The van der Waals surface area contributed by atoms with E-state index in [9.17, 15) is 36.6 Å². The maximum absolute atomic E-state index is 13.7. The van der Waals surface area contributed by atoms with E-state index in [1.54, 1.807) is 6.92 Å². The number of hydrogen-bond acceptors (Lipinski definition) is 8. The summed E-state index contributed by atoms with van der Waals surface area (Å²) in [4.78, 5) is 25.0. The van der Waals surface area contributed by atoms with Crippen LogP contribution in [0.4, 0.5) is 22.0 Å². The molecule has 0 spiro atoms. The van der Waals surface area contributed by atoms with Crippen molar-refractivity contribution in [2.45, 2.75) is 70.5 Å². The van der Waals surface area contributed by atoms with Crippen LogP contribution in [0.5, 0.6) is 5.75 Å². The summed E-state index contributed by atoms with van der Waals surface area (Å²) in [5, 5.41) is 27.2. The molecule has 1 aromatic carbocycles. The number of amides is 2. The smallest absolute Gasteiger partial charge is 0.417 e. The van der Waals surface area contributed by atoms with E-state index in [1.807, 2.05) is 0 Å². The molecule has 11 nitrogen and oxygen atoms in total. The van der Waals surface area contributed by atoms with Crippen molar-refractivity contribution in [2.75, 3.05) is 6.61 Å². The van der Waals surface area contributed by atoms with Crippen LogP contribution in [0.2, 0.25) is 0 Å². The van der Waals surface area contributed by atoms with Gasteiger partial charge in [0.1, 0.15) is 24.0 Å². The van der Waals surface area contributed by atoms with Crippen LogP contribution in [-0.2, 0) is 9.53 Å². The van der Waals surface area contributed by atoms with Crippen molar-refractivity contribution >= 4 is 28.6 Å². The summed E-state index contributed by atoms with van der Waals surface area (Å²) >= 11 is 0. The van der Waals surface area contributed by atoms with Crippen LogP contribution < -0.4 is 21.1 Å². The Hall–Kier alpha value is -4.47. The molecule has 1 saturated carbocycles. The van der Waals surface area contributed by atoms with Gasteiger partial charge in [0.2, 0.25) is 5.90 Å². The molecule has 2 aliphatic rings. The van der Waals surface area contributed by atoms with Gasteiger partial charge >= 0.3 is 12.7 Å². The first-order chi connectivity index (χ1) is 20.9. The summed E-state index contributed by atoms with van der Waals surface area (Å²) in [6, 6.07) is 3.87. The van der Waals surface area contributed by atoms with Crippen LogP contribution in [0, 0.1) is 11.3 Å². The lowest BCUT2D eigenvalue weighted by Gasteiger charge is -2.37. The molecule has 0 bridgehead atoms. The van der Waals surface area contributed by atoms with E-state index in [2.05, 4.69) is 15.7 Å². The number of nitrogens with one attached hydrogen (secondary N) is 3. The Kier molecular flexibility index (Phi) is 9.56. The number of nitrogens with two attached hydrogens (primary N) is 1. The Labute approximate surface area is 254 Å². The minimum atomic E-state index is -4.59. The van der Waals surface area contributed by atoms with E-state index >= 15 is 0 Å². The van der Waals surface area contributed by atoms with Crippen LogP contribution in [-0.4, -0.2) is 63.1 Å². The number of aromatic nitrogens is 2. The average Bonchev–Trinajstić information content (AvgIpc) is 3.29. The highest BCUT2D eigenvalue weighted by atomic mass is 19.4. The number of halogens is 5. The number of allylic oxidation sites excluding steroid dienone is 3. The predicted octanol–water partition coefficient (Wildman–Crippen LogP) is 4.21. The van der Waals surface area contributed by atoms with Gasteiger partial charge in [-0.2, -0.15) is 27.1 Å². The van der Waals surface area contributed by atoms with E-state index in [-0.39, 0.29) is 40.6 Å². The van der Waals surface area contributed by atoms with E-state index in [1.165, 1.54) is 32.0 Å². The lowest BCUT2D eigenvalue weighted by Crippen LogP contribution is -2.40. The third-order valence-electron chi connectivity index (χ3n) is 7.10. The van der Waals surface area contributed by atoms with Crippen molar-refractivity contribution < 1.29 is 46.1 Å². The largest absolute Gasteiger partial charge is 0.491 e. The summed E-state index contributed by atoms with van der Waals surface area (Å²) in [5.74, 6) is -2.01. The number of rotatable bonds is 11. The molecule has 0 saturated heterocycles. The van der Waals surface area contributed by atoms with E-state index in [0.29, 0.717) is 30.1 Å². The van der Waals surface area contributed by atoms with Crippen LogP contribution in [0.15, 0.2) is 53.4 Å². The van der Waals surface area contributed by atoms with Gasteiger partial charge in [0.15, 0.2) is 5.69 Å². The number of nitrogens with zero attached hydrogens (tertiary/aromatic N) is 2. The predicted molar refractivity (Wildman–Crippen MR) is 152 cm³/mol. The monoisotopic (exact) mass is 640 g/mol. The molecule has 2 heterocycles. The molecule has 244 valence electrons. The summed E-state index contributed by atoms with van der Waals surface area (Å²) in [6.45, 7) is 1.70. The first-order valence-electron chi connectivity index (χ1n) is 13.9. The van der Waals surface area contributed by atoms with Crippen molar-refractivity contribution in [2.24, 2.45) is 11.7 Å². The zero-order chi connectivity index (χ0) is 33.3. The zero-order valence-corrected chi connectivity index (χ0v) is 24.5. The van der Waals surface area contributed by atoms with E-state index < -0.39 is 59.3 Å². The highest BCUT2D eigenvalue weighted by Gasteiger charge is 2.36. The number of ether oxygens (including phenoxy) is 2.